The average molecular weight is 533 g/mol. The van der Waals surface area contributed by atoms with Crippen LogP contribution in [0, 0.1) is 0 Å². The molecule has 0 aliphatic carbocycles. The second-order valence-electron chi connectivity index (χ2n) is 7.02. The van der Waals surface area contributed by atoms with Gasteiger partial charge in [-0.05, 0) is 36.6 Å². The molecule has 164 valence electrons. The van der Waals surface area contributed by atoms with Crippen LogP contribution in [-0.2, 0) is 19.5 Å². The fourth-order valence-electron chi connectivity index (χ4n) is 3.33. The highest BCUT2D eigenvalue weighted by Crippen LogP contribution is 2.32. The monoisotopic (exact) mass is 533 g/mol. The Morgan fingerprint density at radius 2 is 1.90 bits per heavy atom. The van der Waals surface area contributed by atoms with Gasteiger partial charge in [0.1, 0.15) is 12.4 Å². The summed E-state index contributed by atoms with van der Waals surface area (Å²) < 4.78 is 13.0. The van der Waals surface area contributed by atoms with Gasteiger partial charge in [0.15, 0.2) is 17.5 Å². The maximum atomic E-state index is 5.45. The number of aliphatic imine (C=N–C) groups is 1. The SMILES string of the molecule is CCNC(=NCc1nccn1Cc1ccccc1)NCCc1ccc2c(c1)OCO2.I. The van der Waals surface area contributed by atoms with Crippen molar-refractivity contribution in [1.29, 1.82) is 0 Å². The van der Waals surface area contributed by atoms with Crippen molar-refractivity contribution in [2.45, 2.75) is 26.4 Å². The van der Waals surface area contributed by atoms with Gasteiger partial charge in [0.25, 0.3) is 0 Å². The molecule has 3 aromatic rings. The standard InChI is InChI=1S/C23H27N5O2.HI/c1-2-24-23(26-11-10-18-8-9-20-21(14-18)30-17-29-20)27-15-22-25-12-13-28(22)16-19-6-4-3-5-7-19;/h3-9,12-14H,2,10-11,15-17H2,1H3,(H2,24,26,27);1H. The van der Waals surface area contributed by atoms with Gasteiger partial charge in [0.2, 0.25) is 6.79 Å². The van der Waals surface area contributed by atoms with Gasteiger partial charge in [0, 0.05) is 32.0 Å². The van der Waals surface area contributed by atoms with Crippen molar-refractivity contribution >= 4 is 29.9 Å². The fraction of sp³-hybridized carbons (Fsp3) is 0.304. The van der Waals surface area contributed by atoms with Crippen molar-refractivity contribution in [3.8, 4) is 11.5 Å². The van der Waals surface area contributed by atoms with E-state index in [1.807, 2.05) is 30.6 Å². The van der Waals surface area contributed by atoms with Gasteiger partial charge in [0.05, 0.1) is 0 Å². The molecule has 0 saturated heterocycles. The van der Waals surface area contributed by atoms with Crippen LogP contribution in [0.1, 0.15) is 23.9 Å². The van der Waals surface area contributed by atoms with E-state index in [1.165, 1.54) is 11.1 Å². The number of hydrogen-bond donors (Lipinski definition) is 2. The van der Waals surface area contributed by atoms with Crippen molar-refractivity contribution in [3.05, 3.63) is 77.9 Å². The van der Waals surface area contributed by atoms with Gasteiger partial charge in [-0.25, -0.2) is 9.98 Å². The molecule has 7 nitrogen and oxygen atoms in total. The molecule has 0 spiro atoms. The third-order valence-corrected chi connectivity index (χ3v) is 4.86. The molecule has 4 rings (SSSR count). The molecule has 0 amide bonds. The molecule has 31 heavy (non-hydrogen) atoms. The van der Waals surface area contributed by atoms with Gasteiger partial charge >= 0.3 is 0 Å². The van der Waals surface area contributed by atoms with Crippen LogP contribution in [0.2, 0.25) is 0 Å². The largest absolute Gasteiger partial charge is 0.454 e. The van der Waals surface area contributed by atoms with E-state index in [1.54, 1.807) is 0 Å². The van der Waals surface area contributed by atoms with Crippen molar-refractivity contribution in [3.63, 3.8) is 0 Å². The van der Waals surface area contributed by atoms with Crippen LogP contribution in [0.4, 0.5) is 0 Å². The number of nitrogens with zero attached hydrogens (tertiary/aromatic N) is 3. The Morgan fingerprint density at radius 1 is 1.06 bits per heavy atom. The Kier molecular flexibility index (Phi) is 8.57. The number of guanidine groups is 1. The molecule has 2 heterocycles. The van der Waals surface area contributed by atoms with E-state index in [2.05, 4.69) is 57.4 Å². The number of ether oxygens (including phenoxy) is 2. The number of nitrogens with one attached hydrogen (secondary N) is 2. The number of aromatic nitrogens is 2. The second-order valence-corrected chi connectivity index (χ2v) is 7.02. The zero-order chi connectivity index (χ0) is 20.6. The van der Waals surface area contributed by atoms with Crippen LogP contribution in [0.15, 0.2) is 65.9 Å². The lowest BCUT2D eigenvalue weighted by Gasteiger charge is -2.12. The molecule has 2 aromatic carbocycles. The minimum atomic E-state index is 0. The van der Waals surface area contributed by atoms with Crippen molar-refractivity contribution in [1.82, 2.24) is 20.2 Å². The summed E-state index contributed by atoms with van der Waals surface area (Å²) in [6.45, 7) is 5.23. The highest BCUT2D eigenvalue weighted by molar-refractivity contribution is 14.0. The summed E-state index contributed by atoms with van der Waals surface area (Å²) >= 11 is 0. The summed E-state index contributed by atoms with van der Waals surface area (Å²) in [6, 6.07) is 16.4. The normalized spacial score (nSPS) is 12.4. The first kappa shape index (κ1) is 22.9. The highest BCUT2D eigenvalue weighted by Gasteiger charge is 2.13. The predicted molar refractivity (Wildman–Crippen MR) is 132 cm³/mol. The number of benzene rings is 2. The Hall–Kier alpha value is -2.75. The fourth-order valence-corrected chi connectivity index (χ4v) is 3.33. The third-order valence-electron chi connectivity index (χ3n) is 4.86. The van der Waals surface area contributed by atoms with Gasteiger partial charge < -0.3 is 24.7 Å². The second kappa shape index (κ2) is 11.6. The molecule has 0 radical (unpaired) electrons. The van der Waals surface area contributed by atoms with Crippen LogP contribution >= 0.6 is 24.0 Å². The molecule has 1 aliphatic heterocycles. The first-order chi connectivity index (χ1) is 14.8. The van der Waals surface area contributed by atoms with Crippen LogP contribution in [-0.4, -0.2) is 35.4 Å². The molecular formula is C23H28IN5O2. The lowest BCUT2D eigenvalue weighted by Crippen LogP contribution is -2.38. The van der Waals surface area contributed by atoms with Crippen molar-refractivity contribution < 1.29 is 9.47 Å². The van der Waals surface area contributed by atoms with Gasteiger partial charge in [-0.2, -0.15) is 0 Å². The molecular weight excluding hydrogens is 505 g/mol. The Bertz CT molecular complexity index is 991. The third kappa shape index (κ3) is 6.36. The van der Waals surface area contributed by atoms with Crippen molar-refractivity contribution in [2.75, 3.05) is 19.9 Å². The van der Waals surface area contributed by atoms with Crippen molar-refractivity contribution in [2.24, 2.45) is 4.99 Å². The maximum Gasteiger partial charge on any atom is 0.231 e. The van der Waals surface area contributed by atoms with E-state index in [0.29, 0.717) is 13.3 Å². The quantitative estimate of drug-likeness (QED) is 0.263. The number of imidazole rings is 1. The molecule has 0 bridgehead atoms. The van der Waals surface area contributed by atoms with Crippen LogP contribution in [0.25, 0.3) is 0 Å². The van der Waals surface area contributed by atoms with E-state index >= 15 is 0 Å². The Morgan fingerprint density at radius 3 is 2.74 bits per heavy atom. The van der Waals surface area contributed by atoms with E-state index in [0.717, 1.165) is 49.3 Å². The summed E-state index contributed by atoms with van der Waals surface area (Å²) in [5, 5.41) is 6.70. The van der Waals surface area contributed by atoms with Gasteiger partial charge in [-0.3, -0.25) is 0 Å². The minimum absolute atomic E-state index is 0. The van der Waals surface area contributed by atoms with Gasteiger partial charge in [-0.1, -0.05) is 36.4 Å². The molecule has 0 atom stereocenters. The maximum absolute atomic E-state index is 5.45. The lowest BCUT2D eigenvalue weighted by molar-refractivity contribution is 0.174. The molecule has 1 aromatic heterocycles. The topological polar surface area (TPSA) is 72.7 Å². The molecule has 0 fully saturated rings. The number of hydrogen-bond acceptors (Lipinski definition) is 4. The predicted octanol–water partition coefficient (Wildman–Crippen LogP) is 3.58. The molecule has 2 N–H and O–H groups in total. The van der Waals surface area contributed by atoms with Crippen LogP contribution in [0.3, 0.4) is 0 Å². The average Bonchev–Trinajstić information content (AvgIpc) is 3.41. The Balaban J connectivity index is 0.00000272. The minimum Gasteiger partial charge on any atom is -0.454 e. The molecule has 1 aliphatic rings. The molecule has 8 heteroatoms. The summed E-state index contributed by atoms with van der Waals surface area (Å²) in [5.74, 6) is 3.35. The summed E-state index contributed by atoms with van der Waals surface area (Å²) in [4.78, 5) is 9.19. The highest BCUT2D eigenvalue weighted by atomic mass is 127. The lowest BCUT2D eigenvalue weighted by atomic mass is 10.1. The zero-order valence-electron chi connectivity index (χ0n) is 17.6. The summed E-state index contributed by atoms with van der Waals surface area (Å²) in [7, 11) is 0. The first-order valence-corrected chi connectivity index (χ1v) is 10.3. The van der Waals surface area contributed by atoms with E-state index in [4.69, 9.17) is 14.5 Å². The molecule has 0 saturated carbocycles. The number of rotatable bonds is 8. The Labute approximate surface area is 199 Å². The molecule has 0 unspecified atom stereocenters. The summed E-state index contributed by atoms with van der Waals surface area (Å²) in [6.07, 6.45) is 4.69. The van der Waals surface area contributed by atoms with E-state index < -0.39 is 0 Å². The zero-order valence-corrected chi connectivity index (χ0v) is 19.9. The van der Waals surface area contributed by atoms with E-state index in [-0.39, 0.29) is 24.0 Å². The number of halogens is 1. The smallest absolute Gasteiger partial charge is 0.231 e. The number of fused-ring (bicyclic) bond motifs is 1. The van der Waals surface area contributed by atoms with E-state index in [9.17, 15) is 0 Å². The van der Waals surface area contributed by atoms with Gasteiger partial charge in [-0.15, -0.1) is 24.0 Å². The summed E-state index contributed by atoms with van der Waals surface area (Å²) in [5.41, 5.74) is 2.44. The van der Waals surface area contributed by atoms with Crippen LogP contribution in [0.5, 0.6) is 11.5 Å². The first-order valence-electron chi connectivity index (χ1n) is 10.3. The van der Waals surface area contributed by atoms with Crippen LogP contribution < -0.4 is 20.1 Å².